The standard InChI is InChI=1S/C14H18O6/c1-5-9(2)18-14-7-6-12(19-11(4)16)13(20-14)8-17-10(3)15/h1,6-7,9,12-14H,8H2,2-4H3/t9?,12-,13?,14-/m0/s1. The molecule has 6 nitrogen and oxygen atoms in total. The van der Waals surface area contributed by atoms with E-state index in [2.05, 4.69) is 5.92 Å². The fourth-order valence-electron chi connectivity index (χ4n) is 1.58. The van der Waals surface area contributed by atoms with Gasteiger partial charge in [0.15, 0.2) is 6.29 Å². The quantitative estimate of drug-likeness (QED) is 0.422. The molecule has 6 heteroatoms. The first kappa shape index (κ1) is 16.2. The average Bonchev–Trinajstić information content (AvgIpc) is 2.37. The van der Waals surface area contributed by atoms with Crippen LogP contribution in [-0.4, -0.2) is 43.1 Å². The SMILES string of the molecule is C#CC(C)O[C@@H]1C=C[C@H](OC(C)=O)C(COC(C)=O)O1. The number of esters is 2. The summed E-state index contributed by atoms with van der Waals surface area (Å²) in [4.78, 5) is 21.9. The number of terminal acetylenes is 1. The van der Waals surface area contributed by atoms with Crippen LogP contribution >= 0.6 is 0 Å². The van der Waals surface area contributed by atoms with E-state index in [1.165, 1.54) is 13.8 Å². The maximum absolute atomic E-state index is 11.0. The number of ether oxygens (including phenoxy) is 4. The van der Waals surface area contributed by atoms with Crippen LogP contribution in [0.5, 0.6) is 0 Å². The van der Waals surface area contributed by atoms with Gasteiger partial charge in [0, 0.05) is 13.8 Å². The molecule has 0 spiro atoms. The minimum absolute atomic E-state index is 0.0398. The smallest absolute Gasteiger partial charge is 0.303 e. The molecule has 0 aromatic rings. The Hall–Kier alpha value is -1.84. The lowest BCUT2D eigenvalue weighted by atomic mass is 10.1. The van der Waals surface area contributed by atoms with Crippen molar-refractivity contribution in [3.63, 3.8) is 0 Å². The predicted octanol–water partition coefficient (Wildman–Crippen LogP) is 0.801. The Bertz CT molecular complexity index is 422. The highest BCUT2D eigenvalue weighted by Gasteiger charge is 2.31. The first-order valence-corrected chi connectivity index (χ1v) is 6.18. The van der Waals surface area contributed by atoms with Gasteiger partial charge in [0.2, 0.25) is 0 Å². The van der Waals surface area contributed by atoms with E-state index in [0.717, 1.165) is 0 Å². The van der Waals surface area contributed by atoms with Crippen molar-refractivity contribution in [1.82, 2.24) is 0 Å². The summed E-state index contributed by atoms with van der Waals surface area (Å²) in [6.45, 7) is 4.24. The van der Waals surface area contributed by atoms with Gasteiger partial charge in [-0.3, -0.25) is 9.59 Å². The van der Waals surface area contributed by atoms with Gasteiger partial charge < -0.3 is 18.9 Å². The molecule has 1 rings (SSSR count). The third-order valence-corrected chi connectivity index (χ3v) is 2.46. The molecule has 0 amide bonds. The summed E-state index contributed by atoms with van der Waals surface area (Å²) >= 11 is 0. The van der Waals surface area contributed by atoms with E-state index in [9.17, 15) is 9.59 Å². The fourth-order valence-corrected chi connectivity index (χ4v) is 1.58. The van der Waals surface area contributed by atoms with Gasteiger partial charge in [0.1, 0.15) is 24.9 Å². The molecule has 4 atom stereocenters. The van der Waals surface area contributed by atoms with Crippen LogP contribution < -0.4 is 0 Å². The van der Waals surface area contributed by atoms with Crippen molar-refractivity contribution in [2.75, 3.05) is 6.61 Å². The lowest BCUT2D eigenvalue weighted by molar-refractivity contribution is -0.202. The Kier molecular flexibility index (Phi) is 6.22. The van der Waals surface area contributed by atoms with Crippen molar-refractivity contribution in [3.8, 4) is 12.3 Å². The van der Waals surface area contributed by atoms with Gasteiger partial charge in [-0.2, -0.15) is 0 Å². The van der Waals surface area contributed by atoms with E-state index >= 15 is 0 Å². The molecule has 0 aromatic heterocycles. The lowest BCUT2D eigenvalue weighted by Crippen LogP contribution is -2.42. The lowest BCUT2D eigenvalue weighted by Gasteiger charge is -2.31. The van der Waals surface area contributed by atoms with E-state index < -0.39 is 36.5 Å². The van der Waals surface area contributed by atoms with Crippen LogP contribution in [0.3, 0.4) is 0 Å². The summed E-state index contributed by atoms with van der Waals surface area (Å²) in [6, 6.07) is 0. The summed E-state index contributed by atoms with van der Waals surface area (Å²) in [5, 5.41) is 0. The molecule has 110 valence electrons. The Morgan fingerprint density at radius 1 is 1.35 bits per heavy atom. The van der Waals surface area contributed by atoms with Crippen molar-refractivity contribution in [2.24, 2.45) is 0 Å². The normalized spacial score (nSPS) is 26.4. The topological polar surface area (TPSA) is 71.1 Å². The molecule has 0 aromatic carbocycles. The first-order valence-electron chi connectivity index (χ1n) is 6.18. The van der Waals surface area contributed by atoms with Crippen LogP contribution in [0.4, 0.5) is 0 Å². The van der Waals surface area contributed by atoms with Gasteiger partial charge in [-0.15, -0.1) is 6.42 Å². The summed E-state index contributed by atoms with van der Waals surface area (Å²) in [5.41, 5.74) is 0. The van der Waals surface area contributed by atoms with Gasteiger partial charge in [0.25, 0.3) is 0 Å². The van der Waals surface area contributed by atoms with Gasteiger partial charge in [-0.05, 0) is 19.1 Å². The van der Waals surface area contributed by atoms with Crippen molar-refractivity contribution in [1.29, 1.82) is 0 Å². The highest BCUT2D eigenvalue weighted by atomic mass is 16.7. The van der Waals surface area contributed by atoms with Crippen molar-refractivity contribution in [3.05, 3.63) is 12.2 Å². The predicted molar refractivity (Wildman–Crippen MR) is 69.4 cm³/mol. The maximum Gasteiger partial charge on any atom is 0.303 e. The number of hydrogen-bond acceptors (Lipinski definition) is 6. The number of rotatable bonds is 5. The average molecular weight is 282 g/mol. The Labute approximate surface area is 118 Å². The van der Waals surface area contributed by atoms with Crippen LogP contribution in [0, 0.1) is 12.3 Å². The van der Waals surface area contributed by atoms with Crippen LogP contribution in [0.25, 0.3) is 0 Å². The largest absolute Gasteiger partial charge is 0.463 e. The third-order valence-electron chi connectivity index (χ3n) is 2.46. The van der Waals surface area contributed by atoms with Crippen LogP contribution in [0.1, 0.15) is 20.8 Å². The third kappa shape index (κ3) is 5.43. The Balaban J connectivity index is 2.68. The zero-order valence-corrected chi connectivity index (χ0v) is 11.7. The molecule has 0 N–H and O–H groups in total. The van der Waals surface area contributed by atoms with Gasteiger partial charge in [-0.1, -0.05) is 5.92 Å². The summed E-state index contributed by atoms with van der Waals surface area (Å²) in [5.74, 6) is 1.52. The summed E-state index contributed by atoms with van der Waals surface area (Å²) in [7, 11) is 0. The Morgan fingerprint density at radius 3 is 2.60 bits per heavy atom. The summed E-state index contributed by atoms with van der Waals surface area (Å²) in [6.07, 6.45) is 6.09. The van der Waals surface area contributed by atoms with Crippen LogP contribution in [0.15, 0.2) is 12.2 Å². The van der Waals surface area contributed by atoms with Crippen molar-refractivity contribution >= 4 is 11.9 Å². The van der Waals surface area contributed by atoms with Crippen molar-refractivity contribution < 1.29 is 28.5 Å². The van der Waals surface area contributed by atoms with Crippen LogP contribution in [-0.2, 0) is 28.5 Å². The van der Waals surface area contributed by atoms with E-state index in [4.69, 9.17) is 25.4 Å². The maximum atomic E-state index is 11.0. The van der Waals surface area contributed by atoms with E-state index in [1.807, 2.05) is 0 Å². The molecule has 0 bridgehead atoms. The number of carbonyl (C=O) groups is 2. The highest BCUT2D eigenvalue weighted by molar-refractivity contribution is 5.66. The zero-order valence-electron chi connectivity index (χ0n) is 11.7. The van der Waals surface area contributed by atoms with Gasteiger partial charge >= 0.3 is 11.9 Å². The highest BCUT2D eigenvalue weighted by Crippen LogP contribution is 2.18. The molecule has 0 saturated heterocycles. The second-order valence-corrected chi connectivity index (χ2v) is 4.25. The number of carbonyl (C=O) groups excluding carboxylic acids is 2. The monoisotopic (exact) mass is 282 g/mol. The molecule has 2 unspecified atom stereocenters. The Morgan fingerprint density at radius 2 is 2.05 bits per heavy atom. The molecular formula is C14H18O6. The molecule has 0 fully saturated rings. The van der Waals surface area contributed by atoms with E-state index in [1.54, 1.807) is 19.1 Å². The van der Waals surface area contributed by atoms with Crippen molar-refractivity contribution in [2.45, 2.75) is 45.4 Å². The first-order chi connectivity index (χ1) is 9.42. The molecule has 1 heterocycles. The number of hydrogen-bond donors (Lipinski definition) is 0. The zero-order chi connectivity index (χ0) is 15.1. The molecular weight excluding hydrogens is 264 g/mol. The minimum atomic E-state index is -0.673. The van der Waals surface area contributed by atoms with Gasteiger partial charge in [-0.25, -0.2) is 0 Å². The van der Waals surface area contributed by atoms with E-state index in [0.29, 0.717) is 0 Å². The molecule has 0 aliphatic carbocycles. The molecule has 1 aliphatic rings. The molecule has 20 heavy (non-hydrogen) atoms. The van der Waals surface area contributed by atoms with Crippen LogP contribution in [0.2, 0.25) is 0 Å². The minimum Gasteiger partial charge on any atom is -0.463 e. The second kappa shape index (κ2) is 7.68. The molecule has 1 aliphatic heterocycles. The summed E-state index contributed by atoms with van der Waals surface area (Å²) < 4.78 is 20.9. The van der Waals surface area contributed by atoms with E-state index in [-0.39, 0.29) is 6.61 Å². The molecule has 0 radical (unpaired) electrons. The molecule has 0 saturated carbocycles. The fraction of sp³-hybridized carbons (Fsp3) is 0.571. The second-order valence-electron chi connectivity index (χ2n) is 4.25. The van der Waals surface area contributed by atoms with Gasteiger partial charge in [0.05, 0.1) is 0 Å².